The van der Waals surface area contributed by atoms with Crippen LogP contribution in [0.2, 0.25) is 0 Å². The molecule has 6 nitrogen and oxygen atoms in total. The summed E-state index contributed by atoms with van der Waals surface area (Å²) in [5, 5.41) is 7.48. The van der Waals surface area contributed by atoms with Gasteiger partial charge >= 0.3 is 0 Å². The van der Waals surface area contributed by atoms with Crippen LogP contribution in [0, 0.1) is 0 Å². The van der Waals surface area contributed by atoms with E-state index in [9.17, 15) is 8.42 Å². The van der Waals surface area contributed by atoms with Gasteiger partial charge in [-0.3, -0.25) is 4.68 Å². The highest BCUT2D eigenvalue weighted by Crippen LogP contribution is 2.15. The smallest absolute Gasteiger partial charge is 0.175 e. The largest absolute Gasteiger partial charge is 0.492 e. The molecule has 2 aromatic rings. The van der Waals surface area contributed by atoms with Gasteiger partial charge in [-0.05, 0) is 31.2 Å². The van der Waals surface area contributed by atoms with Gasteiger partial charge in [-0.15, -0.1) is 0 Å². The van der Waals surface area contributed by atoms with Gasteiger partial charge in [-0.2, -0.15) is 5.10 Å². The number of aryl methyl sites for hydroxylation is 1. The minimum absolute atomic E-state index is 0.297. The van der Waals surface area contributed by atoms with Gasteiger partial charge in [0.05, 0.1) is 11.1 Å². The molecule has 1 aromatic carbocycles. The zero-order valence-electron chi connectivity index (χ0n) is 12.8. The second-order valence-electron chi connectivity index (χ2n) is 4.97. The Morgan fingerprint density at radius 1 is 1.27 bits per heavy atom. The maximum Gasteiger partial charge on any atom is 0.175 e. The third kappa shape index (κ3) is 4.85. The molecule has 1 heterocycles. The quantitative estimate of drug-likeness (QED) is 0.745. The number of sulfone groups is 1. The van der Waals surface area contributed by atoms with Crippen molar-refractivity contribution < 1.29 is 13.2 Å². The van der Waals surface area contributed by atoms with Crippen LogP contribution < -0.4 is 10.1 Å². The number of aromatic nitrogens is 2. The summed E-state index contributed by atoms with van der Waals surface area (Å²) >= 11 is 0. The third-order valence-electron chi connectivity index (χ3n) is 3.14. The Balaban J connectivity index is 1.70. The van der Waals surface area contributed by atoms with Crippen LogP contribution >= 0.6 is 0 Å². The van der Waals surface area contributed by atoms with Gasteiger partial charge in [0.15, 0.2) is 9.84 Å². The number of hydrogen-bond donors (Lipinski definition) is 1. The van der Waals surface area contributed by atoms with E-state index in [1.807, 2.05) is 24.0 Å². The molecule has 0 saturated heterocycles. The van der Waals surface area contributed by atoms with E-state index in [0.717, 1.165) is 18.7 Å². The minimum atomic E-state index is -3.16. The van der Waals surface area contributed by atoms with E-state index < -0.39 is 9.84 Å². The molecule has 0 aliphatic rings. The fourth-order valence-corrected chi connectivity index (χ4v) is 2.56. The van der Waals surface area contributed by atoms with Crippen molar-refractivity contribution in [3.8, 4) is 5.75 Å². The van der Waals surface area contributed by atoms with Crippen LogP contribution in [0.15, 0.2) is 41.6 Å². The molecular weight excluding hydrogens is 302 g/mol. The van der Waals surface area contributed by atoms with Gasteiger partial charge in [0, 0.05) is 37.7 Å². The van der Waals surface area contributed by atoms with E-state index in [1.165, 1.54) is 6.26 Å². The molecule has 0 unspecified atom stereocenters. The maximum atomic E-state index is 11.3. The first-order valence-corrected chi connectivity index (χ1v) is 9.03. The average Bonchev–Trinajstić information content (AvgIpc) is 2.94. The Hall–Kier alpha value is -1.86. The van der Waals surface area contributed by atoms with E-state index in [2.05, 4.69) is 10.4 Å². The number of hydrogen-bond acceptors (Lipinski definition) is 5. The summed E-state index contributed by atoms with van der Waals surface area (Å²) in [6.45, 7) is 4.88. The van der Waals surface area contributed by atoms with E-state index in [-0.39, 0.29) is 0 Å². The highest BCUT2D eigenvalue weighted by atomic mass is 32.2. The molecular formula is C15H21N3O3S. The lowest BCUT2D eigenvalue weighted by molar-refractivity contribution is 0.313. The van der Waals surface area contributed by atoms with Gasteiger partial charge in [0.1, 0.15) is 12.4 Å². The Morgan fingerprint density at radius 2 is 2.00 bits per heavy atom. The maximum absolute atomic E-state index is 11.3. The van der Waals surface area contributed by atoms with Crippen LogP contribution in [0.1, 0.15) is 12.5 Å². The fraction of sp³-hybridized carbons (Fsp3) is 0.400. The second-order valence-corrected chi connectivity index (χ2v) is 6.99. The highest BCUT2D eigenvalue weighted by molar-refractivity contribution is 7.90. The third-order valence-corrected chi connectivity index (χ3v) is 4.27. The molecule has 0 bridgehead atoms. The fourth-order valence-electron chi connectivity index (χ4n) is 1.93. The second kappa shape index (κ2) is 7.42. The Labute approximate surface area is 131 Å². The van der Waals surface area contributed by atoms with Gasteiger partial charge in [-0.1, -0.05) is 0 Å². The Kier molecular flexibility index (Phi) is 5.57. The zero-order valence-corrected chi connectivity index (χ0v) is 13.6. The van der Waals surface area contributed by atoms with Crippen LogP contribution in [0.3, 0.4) is 0 Å². The summed E-state index contributed by atoms with van der Waals surface area (Å²) in [4.78, 5) is 0.297. The predicted octanol–water partition coefficient (Wildman–Crippen LogP) is 1.48. The van der Waals surface area contributed by atoms with Crippen LogP contribution in [-0.2, 0) is 22.9 Å². The lowest BCUT2D eigenvalue weighted by atomic mass is 10.3. The van der Waals surface area contributed by atoms with Crippen LogP contribution in [0.4, 0.5) is 0 Å². The molecule has 0 amide bonds. The molecule has 0 spiro atoms. The summed E-state index contributed by atoms with van der Waals surface area (Å²) in [6, 6.07) is 6.44. The Bertz CT molecular complexity index is 693. The summed E-state index contributed by atoms with van der Waals surface area (Å²) in [7, 11) is -3.16. The van der Waals surface area contributed by atoms with Crippen molar-refractivity contribution in [2.45, 2.75) is 24.9 Å². The first-order chi connectivity index (χ1) is 10.5. The predicted molar refractivity (Wildman–Crippen MR) is 84.7 cm³/mol. The zero-order chi connectivity index (χ0) is 16.0. The standard InChI is InChI=1S/C15H21N3O3S/c1-3-18-12-13(11-17-18)10-16-8-9-21-14-4-6-15(7-5-14)22(2,19)20/h4-7,11-12,16H,3,8-10H2,1-2H3. The molecule has 0 radical (unpaired) electrons. The van der Waals surface area contributed by atoms with Crippen LogP contribution in [0.25, 0.3) is 0 Å². The molecule has 120 valence electrons. The van der Waals surface area contributed by atoms with Crippen LogP contribution in [-0.4, -0.2) is 37.6 Å². The van der Waals surface area contributed by atoms with Crippen molar-refractivity contribution >= 4 is 9.84 Å². The number of benzene rings is 1. The molecule has 1 N–H and O–H groups in total. The number of ether oxygens (including phenoxy) is 1. The van der Waals surface area contributed by atoms with E-state index in [0.29, 0.717) is 23.8 Å². The van der Waals surface area contributed by atoms with Crippen molar-refractivity contribution in [3.05, 3.63) is 42.2 Å². The van der Waals surface area contributed by atoms with Crippen molar-refractivity contribution in [1.82, 2.24) is 15.1 Å². The van der Waals surface area contributed by atoms with Crippen LogP contribution in [0.5, 0.6) is 5.75 Å². The average molecular weight is 323 g/mol. The van der Waals surface area contributed by atoms with Crippen molar-refractivity contribution in [3.63, 3.8) is 0 Å². The SMILES string of the molecule is CCn1cc(CNCCOc2ccc(S(C)(=O)=O)cc2)cn1. The van der Waals surface area contributed by atoms with E-state index in [4.69, 9.17) is 4.74 Å². The first-order valence-electron chi connectivity index (χ1n) is 7.14. The van der Waals surface area contributed by atoms with Crippen molar-refractivity contribution in [2.24, 2.45) is 0 Å². The highest BCUT2D eigenvalue weighted by Gasteiger charge is 2.06. The summed E-state index contributed by atoms with van der Waals surface area (Å²) in [5.74, 6) is 0.660. The number of nitrogens with zero attached hydrogens (tertiary/aromatic N) is 2. The van der Waals surface area contributed by atoms with Crippen molar-refractivity contribution in [2.75, 3.05) is 19.4 Å². The molecule has 0 fully saturated rings. The Morgan fingerprint density at radius 3 is 2.59 bits per heavy atom. The molecule has 2 rings (SSSR count). The molecule has 0 atom stereocenters. The van der Waals surface area contributed by atoms with E-state index >= 15 is 0 Å². The lowest BCUT2D eigenvalue weighted by Crippen LogP contribution is -2.20. The number of rotatable bonds is 8. The first kappa shape index (κ1) is 16.5. The molecule has 22 heavy (non-hydrogen) atoms. The van der Waals surface area contributed by atoms with Gasteiger partial charge in [-0.25, -0.2) is 8.42 Å². The van der Waals surface area contributed by atoms with Crippen molar-refractivity contribution in [1.29, 1.82) is 0 Å². The molecule has 0 aliphatic heterocycles. The number of nitrogens with one attached hydrogen (secondary N) is 1. The van der Waals surface area contributed by atoms with Gasteiger partial charge < -0.3 is 10.1 Å². The summed E-state index contributed by atoms with van der Waals surface area (Å²) < 4.78 is 30.1. The molecule has 1 aromatic heterocycles. The molecule has 0 saturated carbocycles. The summed E-state index contributed by atoms with van der Waals surface area (Å²) in [6.07, 6.45) is 5.05. The molecule has 0 aliphatic carbocycles. The normalized spacial score (nSPS) is 11.5. The molecule has 7 heteroatoms. The monoisotopic (exact) mass is 323 g/mol. The minimum Gasteiger partial charge on any atom is -0.492 e. The van der Waals surface area contributed by atoms with E-state index in [1.54, 1.807) is 24.3 Å². The summed E-state index contributed by atoms with van der Waals surface area (Å²) in [5.41, 5.74) is 1.14. The van der Waals surface area contributed by atoms with Gasteiger partial charge in [0.25, 0.3) is 0 Å². The topological polar surface area (TPSA) is 73.2 Å². The lowest BCUT2D eigenvalue weighted by Gasteiger charge is -2.07. The van der Waals surface area contributed by atoms with Gasteiger partial charge in [0.2, 0.25) is 0 Å².